The molecular formula is C14H28. The van der Waals surface area contributed by atoms with E-state index in [1.54, 1.807) is 0 Å². The van der Waals surface area contributed by atoms with Crippen LogP contribution in [0.2, 0.25) is 0 Å². The van der Waals surface area contributed by atoms with E-state index in [1.807, 2.05) is 0 Å². The highest BCUT2D eigenvalue weighted by Crippen LogP contribution is 2.36. The van der Waals surface area contributed by atoms with Crippen molar-refractivity contribution >= 4 is 0 Å². The zero-order valence-corrected chi connectivity index (χ0v) is 10.6. The van der Waals surface area contributed by atoms with Crippen LogP contribution >= 0.6 is 0 Å². The first kappa shape index (κ1) is 12.1. The molecule has 0 heteroatoms. The standard InChI is InChI=1S/C14H28/c1-5-12(4)14-9-7-6-8-13(10-14)11(2)3/h11-14H,5-10H2,1-4H3/t12?,13-,14?/m1/s1. The molecule has 0 heterocycles. The predicted molar refractivity (Wildman–Crippen MR) is 64.4 cm³/mol. The van der Waals surface area contributed by atoms with Crippen LogP contribution < -0.4 is 0 Å². The van der Waals surface area contributed by atoms with E-state index in [0.717, 1.165) is 23.7 Å². The second-order valence-corrected chi connectivity index (χ2v) is 5.67. The summed E-state index contributed by atoms with van der Waals surface area (Å²) in [6, 6.07) is 0. The molecule has 2 unspecified atom stereocenters. The van der Waals surface area contributed by atoms with Crippen LogP contribution in [0, 0.1) is 23.7 Å². The molecule has 1 saturated carbocycles. The Morgan fingerprint density at radius 1 is 1.00 bits per heavy atom. The highest BCUT2D eigenvalue weighted by molar-refractivity contribution is 4.76. The van der Waals surface area contributed by atoms with Crippen molar-refractivity contribution in [1.29, 1.82) is 0 Å². The molecule has 0 radical (unpaired) electrons. The van der Waals surface area contributed by atoms with Crippen LogP contribution in [0.1, 0.15) is 66.2 Å². The smallest absolute Gasteiger partial charge is 0.0386 e. The molecule has 0 aromatic rings. The number of hydrogen-bond donors (Lipinski definition) is 0. The van der Waals surface area contributed by atoms with Crippen LogP contribution in [-0.2, 0) is 0 Å². The van der Waals surface area contributed by atoms with Crippen molar-refractivity contribution in [2.24, 2.45) is 23.7 Å². The fraction of sp³-hybridized carbons (Fsp3) is 1.00. The third-order valence-electron chi connectivity index (χ3n) is 4.40. The quantitative estimate of drug-likeness (QED) is 0.564. The van der Waals surface area contributed by atoms with Crippen molar-refractivity contribution in [2.75, 3.05) is 0 Å². The van der Waals surface area contributed by atoms with Crippen LogP contribution in [0.5, 0.6) is 0 Å². The maximum absolute atomic E-state index is 2.45. The summed E-state index contributed by atoms with van der Waals surface area (Å²) in [5.41, 5.74) is 0. The molecule has 1 rings (SSSR count). The largest absolute Gasteiger partial charge is 0.0651 e. The van der Waals surface area contributed by atoms with Gasteiger partial charge >= 0.3 is 0 Å². The molecule has 0 spiro atoms. The van der Waals surface area contributed by atoms with E-state index in [-0.39, 0.29) is 0 Å². The van der Waals surface area contributed by atoms with E-state index >= 15 is 0 Å². The highest BCUT2D eigenvalue weighted by atomic mass is 14.3. The summed E-state index contributed by atoms with van der Waals surface area (Å²) >= 11 is 0. The molecule has 0 saturated heterocycles. The maximum Gasteiger partial charge on any atom is -0.0386 e. The fourth-order valence-electron chi connectivity index (χ4n) is 2.89. The third-order valence-corrected chi connectivity index (χ3v) is 4.40. The zero-order valence-electron chi connectivity index (χ0n) is 10.6. The Balaban J connectivity index is 2.51. The normalized spacial score (nSPS) is 31.5. The van der Waals surface area contributed by atoms with Crippen LogP contribution in [0.25, 0.3) is 0 Å². The molecule has 0 N–H and O–H groups in total. The van der Waals surface area contributed by atoms with E-state index in [0.29, 0.717) is 0 Å². The molecule has 0 aromatic carbocycles. The Labute approximate surface area is 90.5 Å². The third kappa shape index (κ3) is 3.29. The first-order valence-corrected chi connectivity index (χ1v) is 6.65. The van der Waals surface area contributed by atoms with Gasteiger partial charge in [-0.15, -0.1) is 0 Å². The van der Waals surface area contributed by atoms with Crippen molar-refractivity contribution in [2.45, 2.75) is 66.2 Å². The lowest BCUT2D eigenvalue weighted by molar-refractivity contribution is 0.241. The van der Waals surface area contributed by atoms with E-state index in [1.165, 1.54) is 38.5 Å². The van der Waals surface area contributed by atoms with Crippen molar-refractivity contribution in [3.05, 3.63) is 0 Å². The lowest BCUT2D eigenvalue weighted by atomic mass is 9.79. The molecule has 0 amide bonds. The van der Waals surface area contributed by atoms with Crippen LogP contribution in [0.4, 0.5) is 0 Å². The second-order valence-electron chi connectivity index (χ2n) is 5.67. The SMILES string of the molecule is CCC(C)C1CCCC[C@@H](C(C)C)C1. The van der Waals surface area contributed by atoms with Gasteiger partial charge in [0.05, 0.1) is 0 Å². The molecule has 1 fully saturated rings. The van der Waals surface area contributed by atoms with Gasteiger partial charge in [-0.2, -0.15) is 0 Å². The summed E-state index contributed by atoms with van der Waals surface area (Å²) in [6.45, 7) is 9.61. The minimum absolute atomic E-state index is 0.902. The zero-order chi connectivity index (χ0) is 10.6. The van der Waals surface area contributed by atoms with Gasteiger partial charge in [0, 0.05) is 0 Å². The molecule has 3 atom stereocenters. The van der Waals surface area contributed by atoms with Crippen LogP contribution in [-0.4, -0.2) is 0 Å². The monoisotopic (exact) mass is 196 g/mol. The van der Waals surface area contributed by atoms with Crippen molar-refractivity contribution < 1.29 is 0 Å². The molecule has 0 bridgehead atoms. The average Bonchev–Trinajstić information content (AvgIpc) is 2.41. The van der Waals surface area contributed by atoms with Crippen molar-refractivity contribution in [1.82, 2.24) is 0 Å². The Morgan fingerprint density at radius 2 is 1.57 bits per heavy atom. The van der Waals surface area contributed by atoms with Gasteiger partial charge in [0.15, 0.2) is 0 Å². The van der Waals surface area contributed by atoms with Gasteiger partial charge in [-0.25, -0.2) is 0 Å². The lowest BCUT2D eigenvalue weighted by Crippen LogP contribution is -2.16. The average molecular weight is 196 g/mol. The van der Waals surface area contributed by atoms with E-state index in [9.17, 15) is 0 Å². The van der Waals surface area contributed by atoms with Crippen LogP contribution in [0.3, 0.4) is 0 Å². The van der Waals surface area contributed by atoms with Gasteiger partial charge in [-0.05, 0) is 30.1 Å². The summed E-state index contributed by atoms with van der Waals surface area (Å²) < 4.78 is 0. The van der Waals surface area contributed by atoms with Crippen molar-refractivity contribution in [3.8, 4) is 0 Å². The van der Waals surface area contributed by atoms with Gasteiger partial charge in [-0.1, -0.05) is 59.8 Å². The van der Waals surface area contributed by atoms with Gasteiger partial charge in [-0.3, -0.25) is 0 Å². The Hall–Kier alpha value is 0. The summed E-state index contributed by atoms with van der Waals surface area (Å²) in [4.78, 5) is 0. The minimum atomic E-state index is 0.902. The van der Waals surface area contributed by atoms with Gasteiger partial charge < -0.3 is 0 Å². The van der Waals surface area contributed by atoms with Crippen LogP contribution in [0.15, 0.2) is 0 Å². The molecule has 1 aliphatic rings. The molecule has 14 heavy (non-hydrogen) atoms. The fourth-order valence-corrected chi connectivity index (χ4v) is 2.89. The van der Waals surface area contributed by atoms with Gasteiger partial charge in [0.2, 0.25) is 0 Å². The predicted octanol–water partition coefficient (Wildman–Crippen LogP) is 4.89. The first-order valence-electron chi connectivity index (χ1n) is 6.65. The second kappa shape index (κ2) is 5.78. The summed E-state index contributed by atoms with van der Waals surface area (Å²) in [5.74, 6) is 3.89. The van der Waals surface area contributed by atoms with E-state index in [4.69, 9.17) is 0 Å². The maximum atomic E-state index is 2.45. The molecule has 0 aromatic heterocycles. The highest BCUT2D eigenvalue weighted by Gasteiger charge is 2.25. The summed E-state index contributed by atoms with van der Waals surface area (Å²) in [5, 5.41) is 0. The topological polar surface area (TPSA) is 0 Å². The van der Waals surface area contributed by atoms with E-state index in [2.05, 4.69) is 27.7 Å². The molecule has 0 aliphatic heterocycles. The number of rotatable bonds is 3. The molecule has 0 nitrogen and oxygen atoms in total. The van der Waals surface area contributed by atoms with Gasteiger partial charge in [0.1, 0.15) is 0 Å². The van der Waals surface area contributed by atoms with Crippen molar-refractivity contribution in [3.63, 3.8) is 0 Å². The molecule has 84 valence electrons. The first-order chi connectivity index (χ1) is 6.65. The Kier molecular flexibility index (Phi) is 4.98. The number of hydrogen-bond acceptors (Lipinski definition) is 0. The summed E-state index contributed by atoms with van der Waals surface area (Å²) in [7, 11) is 0. The lowest BCUT2D eigenvalue weighted by Gasteiger charge is -2.26. The van der Waals surface area contributed by atoms with Gasteiger partial charge in [0.25, 0.3) is 0 Å². The van der Waals surface area contributed by atoms with E-state index < -0.39 is 0 Å². The molecular weight excluding hydrogens is 168 g/mol. The Bertz CT molecular complexity index is 148. The Morgan fingerprint density at radius 3 is 2.07 bits per heavy atom. The summed E-state index contributed by atoms with van der Waals surface area (Å²) in [6.07, 6.45) is 8.83. The molecule has 1 aliphatic carbocycles. The minimum Gasteiger partial charge on any atom is -0.0651 e.